The molecule has 1 aromatic rings. The van der Waals surface area contributed by atoms with Crippen LogP contribution in [0.4, 0.5) is 0 Å². The van der Waals surface area contributed by atoms with E-state index in [-0.39, 0.29) is 0 Å². The molecule has 1 heterocycles. The van der Waals surface area contributed by atoms with E-state index in [1.54, 1.807) is 11.8 Å². The smallest absolute Gasteiger partial charge is 0.0611 e. The van der Waals surface area contributed by atoms with E-state index < -0.39 is 0 Å². The molecule has 2 nitrogen and oxygen atoms in total. The van der Waals surface area contributed by atoms with Gasteiger partial charge in [-0.3, -0.25) is 0 Å². The van der Waals surface area contributed by atoms with Gasteiger partial charge < -0.3 is 10.5 Å². The van der Waals surface area contributed by atoms with Crippen LogP contribution in [0.1, 0.15) is 5.56 Å². The van der Waals surface area contributed by atoms with Gasteiger partial charge in [-0.15, -0.1) is 11.8 Å². The van der Waals surface area contributed by atoms with Gasteiger partial charge in [-0.2, -0.15) is 0 Å². The zero-order valence-corrected chi connectivity index (χ0v) is 9.27. The number of halogens is 1. The molecule has 14 heavy (non-hydrogen) atoms. The number of benzene rings is 1. The standard InChI is InChI=1S/C10H12ClNOS/c11-9-2-1-3-10(8(9)4-12)14-7-5-13-6-7/h1-3,7H,4-6,12H2. The highest BCUT2D eigenvalue weighted by Crippen LogP contribution is 2.33. The largest absolute Gasteiger partial charge is 0.379 e. The molecule has 1 fully saturated rings. The molecule has 1 aliphatic heterocycles. The molecule has 0 amide bonds. The summed E-state index contributed by atoms with van der Waals surface area (Å²) < 4.78 is 5.13. The molecule has 76 valence electrons. The first-order valence-corrected chi connectivity index (χ1v) is 5.79. The Balaban J connectivity index is 2.17. The van der Waals surface area contributed by atoms with Gasteiger partial charge in [0.15, 0.2) is 0 Å². The highest BCUT2D eigenvalue weighted by molar-refractivity contribution is 8.00. The first kappa shape index (κ1) is 10.3. The number of ether oxygens (including phenoxy) is 1. The van der Waals surface area contributed by atoms with Crippen LogP contribution >= 0.6 is 23.4 Å². The summed E-state index contributed by atoms with van der Waals surface area (Å²) in [5.41, 5.74) is 6.70. The molecule has 1 aliphatic rings. The molecule has 0 aromatic heterocycles. The predicted octanol–water partition coefficient (Wildman–Crippen LogP) is 2.29. The highest BCUT2D eigenvalue weighted by atomic mass is 35.5. The van der Waals surface area contributed by atoms with Crippen molar-refractivity contribution in [2.75, 3.05) is 13.2 Å². The Bertz CT molecular complexity index is 328. The number of hydrogen-bond acceptors (Lipinski definition) is 3. The molecular weight excluding hydrogens is 218 g/mol. The normalized spacial score (nSPS) is 16.7. The number of nitrogens with two attached hydrogens (primary N) is 1. The average Bonchev–Trinajstić information content (AvgIpc) is 2.11. The highest BCUT2D eigenvalue weighted by Gasteiger charge is 2.20. The van der Waals surface area contributed by atoms with E-state index in [0.717, 1.165) is 23.8 Å². The van der Waals surface area contributed by atoms with E-state index >= 15 is 0 Å². The molecule has 0 saturated carbocycles. The maximum Gasteiger partial charge on any atom is 0.0611 e. The van der Waals surface area contributed by atoms with E-state index in [2.05, 4.69) is 6.07 Å². The van der Waals surface area contributed by atoms with Crippen LogP contribution in [0, 0.1) is 0 Å². The van der Waals surface area contributed by atoms with Crippen molar-refractivity contribution in [2.45, 2.75) is 16.7 Å². The van der Waals surface area contributed by atoms with Crippen molar-refractivity contribution in [2.24, 2.45) is 5.73 Å². The molecule has 1 saturated heterocycles. The minimum absolute atomic E-state index is 0.496. The van der Waals surface area contributed by atoms with Gasteiger partial charge in [0.1, 0.15) is 0 Å². The first-order valence-electron chi connectivity index (χ1n) is 4.53. The van der Waals surface area contributed by atoms with Crippen molar-refractivity contribution >= 4 is 23.4 Å². The lowest BCUT2D eigenvalue weighted by molar-refractivity contribution is 0.0455. The minimum atomic E-state index is 0.496. The summed E-state index contributed by atoms with van der Waals surface area (Å²) in [4.78, 5) is 1.19. The third kappa shape index (κ3) is 2.06. The van der Waals surface area contributed by atoms with Crippen LogP contribution in [-0.4, -0.2) is 18.5 Å². The van der Waals surface area contributed by atoms with Crippen molar-refractivity contribution in [3.8, 4) is 0 Å². The predicted molar refractivity (Wildman–Crippen MR) is 59.8 cm³/mol. The van der Waals surface area contributed by atoms with E-state index in [1.807, 2.05) is 12.1 Å². The second kappa shape index (κ2) is 4.53. The summed E-state index contributed by atoms with van der Waals surface area (Å²) in [6.45, 7) is 2.16. The fourth-order valence-corrected chi connectivity index (χ4v) is 2.80. The molecule has 2 rings (SSSR count). The van der Waals surface area contributed by atoms with Crippen LogP contribution < -0.4 is 5.73 Å². The molecule has 2 N–H and O–H groups in total. The maximum absolute atomic E-state index is 6.05. The van der Waals surface area contributed by atoms with Gasteiger partial charge >= 0.3 is 0 Å². The van der Waals surface area contributed by atoms with Crippen LogP contribution in [0.15, 0.2) is 23.1 Å². The van der Waals surface area contributed by atoms with E-state index in [4.69, 9.17) is 22.1 Å². The topological polar surface area (TPSA) is 35.2 Å². The maximum atomic E-state index is 6.05. The summed E-state index contributed by atoms with van der Waals surface area (Å²) in [6, 6.07) is 5.91. The van der Waals surface area contributed by atoms with Crippen molar-refractivity contribution in [3.05, 3.63) is 28.8 Å². The van der Waals surface area contributed by atoms with Gasteiger partial charge in [0, 0.05) is 16.5 Å². The fraction of sp³-hybridized carbons (Fsp3) is 0.400. The number of thioether (sulfide) groups is 1. The Morgan fingerprint density at radius 1 is 1.50 bits per heavy atom. The second-order valence-electron chi connectivity index (χ2n) is 3.20. The van der Waals surface area contributed by atoms with E-state index in [0.29, 0.717) is 11.8 Å². The first-order chi connectivity index (χ1) is 6.81. The summed E-state index contributed by atoms with van der Waals surface area (Å²) in [5.74, 6) is 0. The lowest BCUT2D eigenvalue weighted by Gasteiger charge is -2.26. The van der Waals surface area contributed by atoms with Gasteiger partial charge in [0.05, 0.1) is 18.5 Å². The molecule has 0 atom stereocenters. The molecule has 0 unspecified atom stereocenters. The van der Waals surface area contributed by atoms with Crippen molar-refractivity contribution in [1.29, 1.82) is 0 Å². The molecule has 0 radical (unpaired) electrons. The summed E-state index contributed by atoms with van der Waals surface area (Å²) in [6.07, 6.45) is 0. The Morgan fingerprint density at radius 2 is 2.29 bits per heavy atom. The van der Waals surface area contributed by atoms with Crippen molar-refractivity contribution < 1.29 is 4.74 Å². The molecule has 0 bridgehead atoms. The lowest BCUT2D eigenvalue weighted by Crippen LogP contribution is -2.30. The Morgan fingerprint density at radius 3 is 2.86 bits per heavy atom. The monoisotopic (exact) mass is 229 g/mol. The van der Waals surface area contributed by atoms with Gasteiger partial charge in [0.2, 0.25) is 0 Å². The molecule has 4 heteroatoms. The third-order valence-corrected chi connectivity index (χ3v) is 3.78. The SMILES string of the molecule is NCc1c(Cl)cccc1SC1COC1. The van der Waals surface area contributed by atoms with Gasteiger partial charge in [-0.1, -0.05) is 17.7 Å². The molecule has 1 aromatic carbocycles. The van der Waals surface area contributed by atoms with Crippen LogP contribution in [0.25, 0.3) is 0 Å². The third-order valence-electron chi connectivity index (χ3n) is 2.18. The Labute approximate surface area is 92.8 Å². The van der Waals surface area contributed by atoms with Crippen molar-refractivity contribution in [3.63, 3.8) is 0 Å². The summed E-state index contributed by atoms with van der Waals surface area (Å²) in [5, 5.41) is 1.33. The average molecular weight is 230 g/mol. The van der Waals surface area contributed by atoms with Gasteiger partial charge in [-0.25, -0.2) is 0 Å². The Hall–Kier alpha value is -0.220. The van der Waals surface area contributed by atoms with Gasteiger partial charge in [-0.05, 0) is 17.7 Å². The Kier molecular flexibility index (Phi) is 3.34. The van der Waals surface area contributed by atoms with Gasteiger partial charge in [0.25, 0.3) is 0 Å². The number of hydrogen-bond donors (Lipinski definition) is 1. The summed E-state index contributed by atoms with van der Waals surface area (Å²) in [7, 11) is 0. The number of rotatable bonds is 3. The lowest BCUT2D eigenvalue weighted by atomic mass is 10.2. The zero-order valence-electron chi connectivity index (χ0n) is 7.70. The van der Waals surface area contributed by atoms with Crippen molar-refractivity contribution in [1.82, 2.24) is 0 Å². The van der Waals surface area contributed by atoms with E-state index in [9.17, 15) is 0 Å². The molecule has 0 spiro atoms. The molecular formula is C10H12ClNOS. The molecule has 0 aliphatic carbocycles. The summed E-state index contributed by atoms with van der Waals surface area (Å²) >= 11 is 7.86. The zero-order chi connectivity index (χ0) is 9.97. The van der Waals surface area contributed by atoms with Crippen LogP contribution in [0.3, 0.4) is 0 Å². The quantitative estimate of drug-likeness (QED) is 0.864. The minimum Gasteiger partial charge on any atom is -0.379 e. The fourth-order valence-electron chi connectivity index (χ4n) is 1.31. The van der Waals surface area contributed by atoms with Crippen LogP contribution in [0.5, 0.6) is 0 Å². The van der Waals surface area contributed by atoms with Crippen LogP contribution in [0.2, 0.25) is 5.02 Å². The van der Waals surface area contributed by atoms with E-state index in [1.165, 1.54) is 4.90 Å². The second-order valence-corrected chi connectivity index (χ2v) is 4.95. The van der Waals surface area contributed by atoms with Crippen LogP contribution in [-0.2, 0) is 11.3 Å².